The zero-order valence-corrected chi connectivity index (χ0v) is 13.4. The number of ketones is 1. The average molecular weight is 282 g/mol. The van der Waals surface area contributed by atoms with Crippen molar-refractivity contribution in [1.29, 1.82) is 0 Å². The molecular formula is C16H30N2O2. The monoisotopic (exact) mass is 282 g/mol. The molecule has 0 aromatic heterocycles. The molecule has 1 amide bonds. The lowest BCUT2D eigenvalue weighted by Crippen LogP contribution is -2.57. The van der Waals surface area contributed by atoms with E-state index >= 15 is 0 Å². The van der Waals surface area contributed by atoms with Crippen molar-refractivity contribution in [3.63, 3.8) is 0 Å². The predicted octanol–water partition coefficient (Wildman–Crippen LogP) is 2.50. The van der Waals surface area contributed by atoms with Crippen LogP contribution in [0, 0.1) is 5.92 Å². The van der Waals surface area contributed by atoms with E-state index in [0.717, 1.165) is 38.5 Å². The molecule has 0 radical (unpaired) electrons. The second kappa shape index (κ2) is 7.21. The molecule has 1 saturated heterocycles. The van der Waals surface area contributed by atoms with Crippen LogP contribution in [0.1, 0.15) is 66.2 Å². The molecule has 2 atom stereocenters. The number of rotatable bonds is 7. The number of unbranched alkanes of at least 4 members (excludes halogenated alkanes) is 2. The summed E-state index contributed by atoms with van der Waals surface area (Å²) in [6.07, 6.45) is 5.70. The Labute approximate surface area is 123 Å². The molecule has 20 heavy (non-hydrogen) atoms. The minimum Gasteiger partial charge on any atom is -0.329 e. The summed E-state index contributed by atoms with van der Waals surface area (Å²) in [6, 6.07) is -0.502. The van der Waals surface area contributed by atoms with Crippen molar-refractivity contribution in [1.82, 2.24) is 4.90 Å². The van der Waals surface area contributed by atoms with Crippen molar-refractivity contribution in [2.45, 2.75) is 77.8 Å². The van der Waals surface area contributed by atoms with E-state index in [9.17, 15) is 9.59 Å². The van der Waals surface area contributed by atoms with Crippen LogP contribution in [0.4, 0.5) is 0 Å². The maximum absolute atomic E-state index is 12.6. The highest BCUT2D eigenvalue weighted by molar-refractivity contribution is 5.93. The SMILES string of the molecule is CCCCCC1(C(C)=O)CCCN1C(=O)C(N)C(C)C. The van der Waals surface area contributed by atoms with Crippen LogP contribution in [0.2, 0.25) is 0 Å². The smallest absolute Gasteiger partial charge is 0.240 e. The van der Waals surface area contributed by atoms with Gasteiger partial charge in [0.15, 0.2) is 5.78 Å². The number of likely N-dealkylation sites (tertiary alicyclic amines) is 1. The van der Waals surface area contributed by atoms with E-state index in [0.29, 0.717) is 6.54 Å². The van der Waals surface area contributed by atoms with Crippen molar-refractivity contribution >= 4 is 11.7 Å². The van der Waals surface area contributed by atoms with Crippen molar-refractivity contribution in [2.75, 3.05) is 6.54 Å². The fourth-order valence-electron chi connectivity index (χ4n) is 3.13. The van der Waals surface area contributed by atoms with Gasteiger partial charge in [-0.3, -0.25) is 9.59 Å². The first-order valence-corrected chi connectivity index (χ1v) is 7.95. The maximum atomic E-state index is 12.6. The maximum Gasteiger partial charge on any atom is 0.240 e. The summed E-state index contributed by atoms with van der Waals surface area (Å²) in [6.45, 7) is 8.34. The van der Waals surface area contributed by atoms with E-state index < -0.39 is 11.6 Å². The molecule has 1 fully saturated rings. The molecule has 0 spiro atoms. The second-order valence-electron chi connectivity index (χ2n) is 6.41. The highest BCUT2D eigenvalue weighted by Crippen LogP contribution is 2.36. The van der Waals surface area contributed by atoms with Crippen LogP contribution in [-0.4, -0.2) is 34.7 Å². The Bertz CT molecular complexity index is 354. The van der Waals surface area contributed by atoms with Crippen LogP contribution in [0.25, 0.3) is 0 Å². The zero-order valence-electron chi connectivity index (χ0n) is 13.4. The quantitative estimate of drug-likeness (QED) is 0.730. The van der Waals surface area contributed by atoms with Gasteiger partial charge < -0.3 is 10.6 Å². The molecule has 0 aromatic rings. The van der Waals surface area contributed by atoms with E-state index in [-0.39, 0.29) is 17.6 Å². The molecule has 1 aliphatic heterocycles. The highest BCUT2D eigenvalue weighted by Gasteiger charge is 2.47. The van der Waals surface area contributed by atoms with Gasteiger partial charge in [0.05, 0.1) is 6.04 Å². The van der Waals surface area contributed by atoms with Gasteiger partial charge in [-0.2, -0.15) is 0 Å². The topological polar surface area (TPSA) is 63.4 Å². The number of hydrogen-bond acceptors (Lipinski definition) is 3. The predicted molar refractivity (Wildman–Crippen MR) is 81.3 cm³/mol. The minimum atomic E-state index is -0.585. The third-order valence-electron chi connectivity index (χ3n) is 4.61. The Balaban J connectivity index is 2.91. The van der Waals surface area contributed by atoms with Gasteiger partial charge in [-0.1, -0.05) is 40.0 Å². The summed E-state index contributed by atoms with van der Waals surface area (Å²) in [7, 11) is 0. The van der Waals surface area contributed by atoms with Crippen molar-refractivity contribution in [3.8, 4) is 0 Å². The first kappa shape index (κ1) is 17.2. The average Bonchev–Trinajstić information content (AvgIpc) is 2.82. The summed E-state index contributed by atoms with van der Waals surface area (Å²) in [5.41, 5.74) is 5.43. The van der Waals surface area contributed by atoms with Crippen LogP contribution in [0.5, 0.6) is 0 Å². The number of carbonyl (C=O) groups excluding carboxylic acids is 2. The van der Waals surface area contributed by atoms with Gasteiger partial charge in [-0.25, -0.2) is 0 Å². The molecule has 1 aliphatic rings. The van der Waals surface area contributed by atoms with Crippen LogP contribution >= 0.6 is 0 Å². The lowest BCUT2D eigenvalue weighted by molar-refractivity contribution is -0.145. The van der Waals surface area contributed by atoms with Gasteiger partial charge in [-0.15, -0.1) is 0 Å². The summed E-state index contributed by atoms with van der Waals surface area (Å²) < 4.78 is 0. The van der Waals surface area contributed by atoms with Crippen LogP contribution in [0.15, 0.2) is 0 Å². The second-order valence-corrected chi connectivity index (χ2v) is 6.41. The Morgan fingerprint density at radius 1 is 1.30 bits per heavy atom. The number of Topliss-reactive ketones (excluding diaryl/α,β-unsaturated/α-hetero) is 1. The van der Waals surface area contributed by atoms with Crippen molar-refractivity contribution in [2.24, 2.45) is 11.7 Å². The Morgan fingerprint density at radius 3 is 2.45 bits per heavy atom. The van der Waals surface area contributed by atoms with E-state index in [2.05, 4.69) is 6.92 Å². The fourth-order valence-corrected chi connectivity index (χ4v) is 3.13. The van der Waals surface area contributed by atoms with Gasteiger partial charge in [0, 0.05) is 6.54 Å². The number of amides is 1. The Hall–Kier alpha value is -0.900. The normalized spacial score (nSPS) is 24.2. The molecule has 0 aromatic carbocycles. The van der Waals surface area contributed by atoms with E-state index in [1.165, 1.54) is 0 Å². The van der Waals surface area contributed by atoms with E-state index in [1.54, 1.807) is 11.8 Å². The third kappa shape index (κ3) is 3.40. The number of carbonyl (C=O) groups is 2. The number of nitrogens with zero attached hydrogens (tertiary/aromatic N) is 1. The van der Waals surface area contributed by atoms with E-state index in [4.69, 9.17) is 5.73 Å². The molecule has 1 heterocycles. The minimum absolute atomic E-state index is 0.0517. The molecule has 2 N–H and O–H groups in total. The molecular weight excluding hydrogens is 252 g/mol. The Morgan fingerprint density at radius 2 is 1.95 bits per heavy atom. The number of hydrogen-bond donors (Lipinski definition) is 1. The lowest BCUT2D eigenvalue weighted by Gasteiger charge is -2.38. The molecule has 4 nitrogen and oxygen atoms in total. The molecule has 4 heteroatoms. The summed E-state index contributed by atoms with van der Waals surface area (Å²) in [5.74, 6) is 0.169. The van der Waals surface area contributed by atoms with Crippen molar-refractivity contribution < 1.29 is 9.59 Å². The number of nitrogens with two attached hydrogens (primary N) is 1. The summed E-state index contributed by atoms with van der Waals surface area (Å²) in [5, 5.41) is 0. The summed E-state index contributed by atoms with van der Waals surface area (Å²) in [4.78, 5) is 26.6. The van der Waals surface area contributed by atoms with Gasteiger partial charge in [-0.05, 0) is 32.1 Å². The molecule has 116 valence electrons. The molecule has 0 saturated carbocycles. The zero-order chi connectivity index (χ0) is 15.3. The van der Waals surface area contributed by atoms with Crippen molar-refractivity contribution in [3.05, 3.63) is 0 Å². The molecule has 1 rings (SSSR count). The molecule has 0 aliphatic carbocycles. The van der Waals surface area contributed by atoms with Crippen LogP contribution < -0.4 is 5.73 Å². The fraction of sp³-hybridized carbons (Fsp3) is 0.875. The molecule has 0 bridgehead atoms. The Kier molecular flexibility index (Phi) is 6.18. The summed E-state index contributed by atoms with van der Waals surface area (Å²) >= 11 is 0. The molecule has 2 unspecified atom stereocenters. The van der Waals surface area contributed by atoms with Crippen LogP contribution in [0.3, 0.4) is 0 Å². The van der Waals surface area contributed by atoms with Crippen LogP contribution in [-0.2, 0) is 9.59 Å². The first-order chi connectivity index (χ1) is 9.36. The van der Waals surface area contributed by atoms with Gasteiger partial charge in [0.25, 0.3) is 0 Å². The highest BCUT2D eigenvalue weighted by atomic mass is 16.2. The first-order valence-electron chi connectivity index (χ1n) is 7.95. The third-order valence-corrected chi connectivity index (χ3v) is 4.61. The largest absolute Gasteiger partial charge is 0.329 e. The van der Waals surface area contributed by atoms with Gasteiger partial charge in [0.1, 0.15) is 5.54 Å². The van der Waals surface area contributed by atoms with Gasteiger partial charge >= 0.3 is 0 Å². The standard InChI is InChI=1S/C16H30N2O2/c1-5-6-7-9-16(13(4)19)10-8-11-18(16)15(20)14(17)12(2)3/h12,14H,5-11,17H2,1-4H3. The van der Waals surface area contributed by atoms with E-state index in [1.807, 2.05) is 13.8 Å². The van der Waals surface area contributed by atoms with Gasteiger partial charge in [0.2, 0.25) is 5.91 Å². The lowest BCUT2D eigenvalue weighted by atomic mass is 9.85.